The van der Waals surface area contributed by atoms with Gasteiger partial charge in [0.25, 0.3) is 0 Å². The lowest BCUT2D eigenvalue weighted by Gasteiger charge is -2.33. The van der Waals surface area contributed by atoms with Crippen molar-refractivity contribution in [3.05, 3.63) is 27.7 Å². The summed E-state index contributed by atoms with van der Waals surface area (Å²) in [6.45, 7) is 5.74. The molecular formula is C16H21BrN2O2. The fourth-order valence-electron chi connectivity index (χ4n) is 3.33. The summed E-state index contributed by atoms with van der Waals surface area (Å²) in [7, 11) is 0. The minimum Gasteiger partial charge on any atom is -0.493 e. The minimum absolute atomic E-state index is 0.366. The molecule has 0 saturated carbocycles. The van der Waals surface area contributed by atoms with Gasteiger partial charge in [-0.05, 0) is 24.1 Å². The molecule has 2 heterocycles. The maximum absolute atomic E-state index is 9.08. The van der Waals surface area contributed by atoms with Crippen LogP contribution in [0.2, 0.25) is 0 Å². The number of benzene rings is 1. The van der Waals surface area contributed by atoms with Crippen LogP contribution in [-0.4, -0.2) is 35.5 Å². The fraction of sp³-hybridized carbons (Fsp3) is 0.562. The number of fused-ring (bicyclic) bond motifs is 1. The molecule has 2 aliphatic heterocycles. The molecule has 5 heteroatoms. The third kappa shape index (κ3) is 3.09. The van der Waals surface area contributed by atoms with Crippen LogP contribution in [0.4, 0.5) is 0 Å². The van der Waals surface area contributed by atoms with E-state index in [2.05, 4.69) is 45.0 Å². The van der Waals surface area contributed by atoms with Gasteiger partial charge < -0.3 is 9.94 Å². The molecular weight excluding hydrogens is 332 g/mol. The maximum atomic E-state index is 9.08. The van der Waals surface area contributed by atoms with Gasteiger partial charge in [0.1, 0.15) is 5.75 Å². The molecule has 1 fully saturated rings. The smallest absolute Gasteiger partial charge is 0.127 e. The molecule has 0 amide bonds. The van der Waals surface area contributed by atoms with E-state index in [0.717, 1.165) is 61.4 Å². The van der Waals surface area contributed by atoms with Crippen molar-refractivity contribution in [1.29, 1.82) is 0 Å². The zero-order valence-electron chi connectivity index (χ0n) is 12.3. The Morgan fingerprint density at radius 2 is 2.29 bits per heavy atom. The van der Waals surface area contributed by atoms with Crippen LogP contribution in [0.3, 0.4) is 0 Å². The van der Waals surface area contributed by atoms with Gasteiger partial charge in [0.05, 0.1) is 12.3 Å². The van der Waals surface area contributed by atoms with E-state index in [-0.39, 0.29) is 0 Å². The number of likely N-dealkylation sites (tertiary alicyclic amines) is 1. The highest BCUT2D eigenvalue weighted by atomic mass is 79.9. The molecule has 21 heavy (non-hydrogen) atoms. The number of ether oxygens (including phenoxy) is 1. The Kier molecular flexibility index (Phi) is 4.50. The third-order valence-corrected chi connectivity index (χ3v) is 4.93. The molecule has 2 aliphatic rings. The summed E-state index contributed by atoms with van der Waals surface area (Å²) >= 11 is 3.60. The Hall–Kier alpha value is -1.07. The van der Waals surface area contributed by atoms with Gasteiger partial charge in [-0.25, -0.2) is 0 Å². The lowest BCUT2D eigenvalue weighted by atomic mass is 9.93. The topological polar surface area (TPSA) is 45.1 Å². The molecule has 0 bridgehead atoms. The maximum Gasteiger partial charge on any atom is 0.127 e. The van der Waals surface area contributed by atoms with Gasteiger partial charge in [0.2, 0.25) is 0 Å². The quantitative estimate of drug-likeness (QED) is 0.669. The summed E-state index contributed by atoms with van der Waals surface area (Å²) in [5, 5.41) is 12.5. The third-order valence-electron chi connectivity index (χ3n) is 4.47. The van der Waals surface area contributed by atoms with Crippen LogP contribution in [-0.2, 0) is 13.0 Å². The summed E-state index contributed by atoms with van der Waals surface area (Å²) in [4.78, 5) is 2.44. The van der Waals surface area contributed by atoms with Gasteiger partial charge in [0, 0.05) is 48.4 Å². The first-order chi connectivity index (χ1) is 10.2. The summed E-state index contributed by atoms with van der Waals surface area (Å²) < 4.78 is 6.94. The van der Waals surface area contributed by atoms with Crippen LogP contribution < -0.4 is 4.74 Å². The molecule has 0 aromatic heterocycles. The molecule has 0 spiro atoms. The van der Waals surface area contributed by atoms with Crippen LogP contribution >= 0.6 is 15.9 Å². The molecule has 1 saturated heterocycles. The van der Waals surface area contributed by atoms with Gasteiger partial charge in [-0.3, -0.25) is 4.90 Å². The molecule has 114 valence electrons. The number of hydrogen-bond donors (Lipinski definition) is 1. The molecule has 0 aliphatic carbocycles. The van der Waals surface area contributed by atoms with Crippen LogP contribution in [0.1, 0.15) is 30.9 Å². The summed E-state index contributed by atoms with van der Waals surface area (Å²) in [5.74, 6) is 1.44. The zero-order chi connectivity index (χ0) is 14.8. The van der Waals surface area contributed by atoms with E-state index in [1.54, 1.807) is 0 Å². The van der Waals surface area contributed by atoms with Crippen molar-refractivity contribution in [3.63, 3.8) is 0 Å². The van der Waals surface area contributed by atoms with Gasteiger partial charge >= 0.3 is 0 Å². The monoisotopic (exact) mass is 352 g/mol. The minimum atomic E-state index is 0.366. The lowest BCUT2D eigenvalue weighted by Crippen LogP contribution is -2.40. The number of rotatable bonds is 3. The fourth-order valence-corrected chi connectivity index (χ4v) is 3.88. The highest BCUT2D eigenvalue weighted by Gasteiger charge is 2.26. The van der Waals surface area contributed by atoms with Crippen LogP contribution in [0.25, 0.3) is 0 Å². The number of oxime groups is 1. The Balaban J connectivity index is 1.76. The predicted octanol–water partition coefficient (Wildman–Crippen LogP) is 3.45. The first kappa shape index (κ1) is 14.9. The SMILES string of the molecule is CCC1CN(Cc2cc(Br)cc3c2OCC3)CC/C1=N\O. The van der Waals surface area contributed by atoms with Gasteiger partial charge in [0.15, 0.2) is 0 Å². The summed E-state index contributed by atoms with van der Waals surface area (Å²) in [5.41, 5.74) is 3.52. The second-order valence-corrected chi connectivity index (χ2v) is 6.75. The highest BCUT2D eigenvalue weighted by molar-refractivity contribution is 9.10. The van der Waals surface area contributed by atoms with E-state index in [9.17, 15) is 0 Å². The highest BCUT2D eigenvalue weighted by Crippen LogP contribution is 2.34. The number of hydrogen-bond acceptors (Lipinski definition) is 4. The molecule has 1 atom stereocenters. The first-order valence-corrected chi connectivity index (χ1v) is 8.37. The molecule has 3 rings (SSSR count). The second kappa shape index (κ2) is 6.36. The van der Waals surface area contributed by atoms with Crippen LogP contribution in [0.15, 0.2) is 21.8 Å². The van der Waals surface area contributed by atoms with Crippen molar-refractivity contribution in [2.24, 2.45) is 11.1 Å². The van der Waals surface area contributed by atoms with Crippen molar-refractivity contribution < 1.29 is 9.94 Å². The average Bonchev–Trinajstić information content (AvgIpc) is 2.95. The van der Waals surface area contributed by atoms with Gasteiger partial charge in [-0.1, -0.05) is 28.0 Å². The predicted molar refractivity (Wildman–Crippen MR) is 86.2 cm³/mol. The zero-order valence-corrected chi connectivity index (χ0v) is 13.9. The van der Waals surface area contributed by atoms with Crippen LogP contribution in [0, 0.1) is 5.92 Å². The standard InChI is InChI=1S/C16H21BrN2O2/c1-2-11-9-19(5-3-15(11)18-20)10-13-8-14(17)7-12-4-6-21-16(12)13/h7-8,11,20H,2-6,9-10H2,1H3/b18-15+. The molecule has 1 unspecified atom stereocenters. The second-order valence-electron chi connectivity index (χ2n) is 5.83. The summed E-state index contributed by atoms with van der Waals surface area (Å²) in [6.07, 6.45) is 2.87. The molecule has 4 nitrogen and oxygen atoms in total. The number of halogens is 1. The Bertz CT molecular complexity index is 559. The van der Waals surface area contributed by atoms with E-state index in [1.165, 1.54) is 11.1 Å². The van der Waals surface area contributed by atoms with E-state index in [1.807, 2.05) is 0 Å². The van der Waals surface area contributed by atoms with Gasteiger partial charge in [-0.2, -0.15) is 0 Å². The van der Waals surface area contributed by atoms with Crippen molar-refractivity contribution in [1.82, 2.24) is 4.90 Å². The van der Waals surface area contributed by atoms with E-state index in [0.29, 0.717) is 5.92 Å². The number of nitrogens with zero attached hydrogens (tertiary/aromatic N) is 2. The normalized spacial score (nSPS) is 24.1. The van der Waals surface area contributed by atoms with Crippen molar-refractivity contribution in [2.45, 2.75) is 32.7 Å². The van der Waals surface area contributed by atoms with Crippen LogP contribution in [0.5, 0.6) is 5.75 Å². The van der Waals surface area contributed by atoms with E-state index < -0.39 is 0 Å². The molecule has 1 N–H and O–H groups in total. The molecule has 1 aromatic rings. The number of piperidine rings is 1. The lowest BCUT2D eigenvalue weighted by molar-refractivity contribution is 0.217. The largest absolute Gasteiger partial charge is 0.493 e. The summed E-state index contributed by atoms with van der Waals surface area (Å²) in [6, 6.07) is 4.33. The average molecular weight is 353 g/mol. The van der Waals surface area contributed by atoms with Crippen molar-refractivity contribution in [3.8, 4) is 5.75 Å². The van der Waals surface area contributed by atoms with Gasteiger partial charge in [-0.15, -0.1) is 0 Å². The Labute approximate surface area is 133 Å². The van der Waals surface area contributed by atoms with E-state index in [4.69, 9.17) is 9.94 Å². The molecule has 0 radical (unpaired) electrons. The van der Waals surface area contributed by atoms with E-state index >= 15 is 0 Å². The first-order valence-electron chi connectivity index (χ1n) is 7.58. The molecule has 1 aromatic carbocycles. The Morgan fingerprint density at radius 1 is 1.43 bits per heavy atom. The Morgan fingerprint density at radius 3 is 3.05 bits per heavy atom. The van der Waals surface area contributed by atoms with Crippen molar-refractivity contribution >= 4 is 21.6 Å². The van der Waals surface area contributed by atoms with Crippen molar-refractivity contribution in [2.75, 3.05) is 19.7 Å².